The molecule has 0 saturated heterocycles. The third kappa shape index (κ3) is 6.33. The van der Waals surface area contributed by atoms with Crippen LogP contribution in [0.4, 0.5) is 4.79 Å². The molecule has 0 unspecified atom stereocenters. The Labute approximate surface area is 166 Å². The summed E-state index contributed by atoms with van der Waals surface area (Å²) in [5.41, 5.74) is 0.787. The Kier molecular flexibility index (Phi) is 6.56. The molecule has 1 heterocycles. The Morgan fingerprint density at radius 1 is 1.26 bits per heavy atom. The highest BCUT2D eigenvalue weighted by Crippen LogP contribution is 2.29. The number of carbonyl (C=O) groups is 3. The van der Waals surface area contributed by atoms with Gasteiger partial charge in [-0.05, 0) is 39.8 Å². The topological polar surface area (TPSA) is 97.4 Å². The van der Waals surface area contributed by atoms with Gasteiger partial charge in [-0.3, -0.25) is 10.1 Å². The number of aromatic nitrogens is 1. The van der Waals surface area contributed by atoms with Gasteiger partial charge in [0.15, 0.2) is 6.61 Å². The molecule has 9 heteroatoms. The minimum absolute atomic E-state index is 0.289. The van der Waals surface area contributed by atoms with Gasteiger partial charge in [0, 0.05) is 16.1 Å². The average Bonchev–Trinajstić information content (AvgIpc) is 2.92. The zero-order chi connectivity index (χ0) is 20.2. The third-order valence-electron chi connectivity index (χ3n) is 3.13. The number of nitrogens with one attached hydrogen (secondary N) is 2. The molecule has 0 fully saturated rings. The maximum Gasteiger partial charge on any atom is 0.350 e. The van der Waals surface area contributed by atoms with Crippen LogP contribution >= 0.6 is 22.9 Å². The largest absolute Gasteiger partial charge is 0.451 e. The van der Waals surface area contributed by atoms with Gasteiger partial charge in [-0.1, -0.05) is 23.7 Å². The van der Waals surface area contributed by atoms with E-state index >= 15 is 0 Å². The molecule has 0 aliphatic rings. The van der Waals surface area contributed by atoms with Crippen molar-refractivity contribution in [2.75, 3.05) is 6.61 Å². The van der Waals surface area contributed by atoms with E-state index in [9.17, 15) is 14.4 Å². The lowest BCUT2D eigenvalue weighted by Gasteiger charge is -2.20. The van der Waals surface area contributed by atoms with Crippen molar-refractivity contribution < 1.29 is 19.1 Å². The number of esters is 1. The van der Waals surface area contributed by atoms with Crippen molar-refractivity contribution in [2.24, 2.45) is 0 Å². The fourth-order valence-electron chi connectivity index (χ4n) is 2.06. The first-order valence-electron chi connectivity index (χ1n) is 8.07. The van der Waals surface area contributed by atoms with Crippen molar-refractivity contribution in [1.82, 2.24) is 15.6 Å². The summed E-state index contributed by atoms with van der Waals surface area (Å²) in [5.74, 6) is -1.40. The summed E-state index contributed by atoms with van der Waals surface area (Å²) in [7, 11) is 0. The van der Waals surface area contributed by atoms with E-state index in [-0.39, 0.29) is 4.88 Å². The molecule has 0 saturated carbocycles. The Hall–Kier alpha value is -2.45. The number of urea groups is 1. The van der Waals surface area contributed by atoms with E-state index in [0.29, 0.717) is 15.7 Å². The van der Waals surface area contributed by atoms with Crippen LogP contribution in [-0.2, 0) is 9.53 Å². The molecule has 0 aliphatic heterocycles. The highest BCUT2D eigenvalue weighted by molar-refractivity contribution is 7.17. The lowest BCUT2D eigenvalue weighted by atomic mass is 10.1. The minimum Gasteiger partial charge on any atom is -0.451 e. The van der Waals surface area contributed by atoms with E-state index in [1.54, 1.807) is 45.9 Å². The van der Waals surface area contributed by atoms with Crippen molar-refractivity contribution in [3.63, 3.8) is 0 Å². The second-order valence-electron chi connectivity index (χ2n) is 6.77. The van der Waals surface area contributed by atoms with Gasteiger partial charge in [-0.15, -0.1) is 11.3 Å². The van der Waals surface area contributed by atoms with Crippen molar-refractivity contribution in [3.8, 4) is 10.6 Å². The van der Waals surface area contributed by atoms with Crippen LogP contribution in [0.1, 0.15) is 36.1 Å². The predicted octanol–water partition coefficient (Wildman–Crippen LogP) is 3.55. The van der Waals surface area contributed by atoms with Gasteiger partial charge in [-0.25, -0.2) is 14.6 Å². The fourth-order valence-corrected chi connectivity index (χ4v) is 3.21. The number of benzene rings is 1. The summed E-state index contributed by atoms with van der Waals surface area (Å²) in [4.78, 5) is 40.3. The molecular weight excluding hydrogens is 390 g/mol. The first-order chi connectivity index (χ1) is 12.5. The van der Waals surface area contributed by atoms with E-state index < -0.39 is 30.1 Å². The molecule has 3 amide bonds. The van der Waals surface area contributed by atoms with Crippen LogP contribution in [0.2, 0.25) is 5.02 Å². The van der Waals surface area contributed by atoms with Crippen LogP contribution in [0.15, 0.2) is 24.3 Å². The second kappa shape index (κ2) is 8.49. The van der Waals surface area contributed by atoms with Crippen LogP contribution < -0.4 is 10.6 Å². The number of halogens is 1. The van der Waals surface area contributed by atoms with Crippen LogP contribution in [-0.4, -0.2) is 35.0 Å². The van der Waals surface area contributed by atoms with Gasteiger partial charge >= 0.3 is 12.0 Å². The van der Waals surface area contributed by atoms with Crippen LogP contribution in [0, 0.1) is 6.92 Å². The number of ether oxygens (including phenoxy) is 1. The lowest BCUT2D eigenvalue weighted by molar-refractivity contribution is -0.123. The Balaban J connectivity index is 1.96. The van der Waals surface area contributed by atoms with Crippen molar-refractivity contribution >= 4 is 40.8 Å². The number of rotatable bonds is 4. The highest BCUT2D eigenvalue weighted by atomic mass is 35.5. The fraction of sp³-hybridized carbons (Fsp3) is 0.333. The van der Waals surface area contributed by atoms with Crippen molar-refractivity contribution in [2.45, 2.75) is 33.2 Å². The highest BCUT2D eigenvalue weighted by Gasteiger charge is 2.20. The molecule has 2 rings (SSSR count). The van der Waals surface area contributed by atoms with E-state index in [1.807, 2.05) is 6.07 Å². The number of thiazole rings is 1. The number of amides is 3. The number of carbonyl (C=O) groups excluding carboxylic acids is 3. The maximum atomic E-state index is 12.2. The number of hydrogen-bond acceptors (Lipinski definition) is 6. The maximum absolute atomic E-state index is 12.2. The van der Waals surface area contributed by atoms with Gasteiger partial charge < -0.3 is 10.1 Å². The third-order valence-corrected chi connectivity index (χ3v) is 4.55. The molecule has 0 radical (unpaired) electrons. The lowest BCUT2D eigenvalue weighted by Crippen LogP contribution is -2.49. The Morgan fingerprint density at radius 3 is 2.59 bits per heavy atom. The molecule has 144 valence electrons. The number of aryl methyl sites for hydroxylation is 1. The summed E-state index contributed by atoms with van der Waals surface area (Å²) in [6.07, 6.45) is 0. The zero-order valence-corrected chi connectivity index (χ0v) is 17.0. The van der Waals surface area contributed by atoms with E-state index in [2.05, 4.69) is 15.6 Å². The molecule has 0 aliphatic carbocycles. The molecule has 1 aromatic carbocycles. The molecule has 2 aromatic rings. The second-order valence-corrected chi connectivity index (χ2v) is 8.21. The first-order valence-corrected chi connectivity index (χ1v) is 9.27. The van der Waals surface area contributed by atoms with Crippen LogP contribution in [0.5, 0.6) is 0 Å². The van der Waals surface area contributed by atoms with Gasteiger partial charge in [-0.2, -0.15) is 0 Å². The summed E-state index contributed by atoms with van der Waals surface area (Å²) in [5, 5.41) is 5.86. The SMILES string of the molecule is Cc1nc(-c2cccc(Cl)c2)sc1C(=O)OCC(=O)NC(=O)NC(C)(C)C. The predicted molar refractivity (Wildman–Crippen MR) is 104 cm³/mol. The molecule has 0 atom stereocenters. The van der Waals surface area contributed by atoms with Gasteiger partial charge in [0.2, 0.25) is 0 Å². The number of imide groups is 1. The summed E-state index contributed by atoms with van der Waals surface area (Å²) in [6, 6.07) is 6.46. The van der Waals surface area contributed by atoms with Gasteiger partial charge in [0.1, 0.15) is 9.88 Å². The first kappa shape index (κ1) is 20.9. The van der Waals surface area contributed by atoms with Crippen molar-refractivity contribution in [3.05, 3.63) is 39.9 Å². The monoisotopic (exact) mass is 409 g/mol. The molecule has 2 N–H and O–H groups in total. The number of hydrogen-bond donors (Lipinski definition) is 2. The summed E-state index contributed by atoms with van der Waals surface area (Å²) in [6.45, 7) is 6.45. The Bertz CT molecular complexity index is 874. The minimum atomic E-state index is -0.720. The summed E-state index contributed by atoms with van der Waals surface area (Å²) < 4.78 is 4.99. The van der Waals surface area contributed by atoms with Crippen molar-refractivity contribution in [1.29, 1.82) is 0 Å². The van der Waals surface area contributed by atoms with Crippen LogP contribution in [0.25, 0.3) is 10.6 Å². The molecule has 27 heavy (non-hydrogen) atoms. The average molecular weight is 410 g/mol. The van der Waals surface area contributed by atoms with E-state index in [0.717, 1.165) is 16.9 Å². The normalized spacial score (nSPS) is 11.0. The molecule has 7 nitrogen and oxygen atoms in total. The standard InChI is InChI=1S/C18H20ClN3O4S/c1-10-14(27-15(20-10)11-6-5-7-12(19)8-11)16(24)26-9-13(23)21-17(25)22-18(2,3)4/h5-8H,9H2,1-4H3,(H2,21,22,23,25). The zero-order valence-electron chi connectivity index (χ0n) is 15.4. The smallest absolute Gasteiger partial charge is 0.350 e. The summed E-state index contributed by atoms with van der Waals surface area (Å²) >= 11 is 7.13. The molecule has 0 spiro atoms. The van der Waals surface area contributed by atoms with E-state index in [1.165, 1.54) is 0 Å². The molecule has 1 aromatic heterocycles. The van der Waals surface area contributed by atoms with E-state index in [4.69, 9.17) is 16.3 Å². The number of nitrogens with zero attached hydrogens (tertiary/aromatic N) is 1. The van der Waals surface area contributed by atoms with Crippen LogP contribution in [0.3, 0.4) is 0 Å². The van der Waals surface area contributed by atoms with Gasteiger partial charge in [0.25, 0.3) is 5.91 Å². The quantitative estimate of drug-likeness (QED) is 0.752. The molecular formula is C18H20ClN3O4S. The Morgan fingerprint density at radius 2 is 1.96 bits per heavy atom. The molecule has 0 bridgehead atoms. The van der Waals surface area contributed by atoms with Gasteiger partial charge in [0.05, 0.1) is 5.69 Å².